The Hall–Kier alpha value is -2.97. The molecule has 0 radical (unpaired) electrons. The second-order valence-corrected chi connectivity index (χ2v) is 8.09. The number of amides is 2. The summed E-state index contributed by atoms with van der Waals surface area (Å²) in [5.74, 6) is -0.347. The largest absolute Gasteiger partial charge is 0.378 e. The molecule has 3 aromatic rings. The summed E-state index contributed by atoms with van der Waals surface area (Å²) in [5, 5.41) is 7.70. The van der Waals surface area contributed by atoms with Gasteiger partial charge in [-0.2, -0.15) is 5.10 Å². The van der Waals surface area contributed by atoms with Crippen LogP contribution in [0.3, 0.4) is 0 Å². The maximum absolute atomic E-state index is 13.4. The number of carbonyl (C=O) groups is 2. The van der Waals surface area contributed by atoms with Gasteiger partial charge in [0.15, 0.2) is 0 Å². The Bertz CT molecular complexity index is 1050. The van der Waals surface area contributed by atoms with Gasteiger partial charge in [-0.1, -0.05) is 30.3 Å². The number of rotatable bonds is 5. The van der Waals surface area contributed by atoms with Gasteiger partial charge in [0.05, 0.1) is 30.5 Å². The minimum atomic E-state index is -0.272. The molecule has 1 aliphatic rings. The van der Waals surface area contributed by atoms with E-state index >= 15 is 0 Å². The molecule has 0 unspecified atom stereocenters. The molecular formula is C22H24N4O3S. The molecule has 1 aliphatic heterocycles. The van der Waals surface area contributed by atoms with Crippen LogP contribution in [0.15, 0.2) is 42.7 Å². The number of nitrogens with one attached hydrogen (secondary N) is 1. The number of aryl methyl sites for hydroxylation is 1. The zero-order valence-corrected chi connectivity index (χ0v) is 17.9. The first-order valence-electron chi connectivity index (χ1n) is 9.98. The van der Waals surface area contributed by atoms with Crippen LogP contribution in [-0.4, -0.2) is 52.8 Å². The predicted molar refractivity (Wildman–Crippen MR) is 117 cm³/mol. The highest BCUT2D eigenvalue weighted by molar-refractivity contribution is 7.20. The van der Waals surface area contributed by atoms with Crippen LogP contribution in [-0.2, 0) is 11.3 Å². The Morgan fingerprint density at radius 1 is 1.20 bits per heavy atom. The maximum Gasteiger partial charge on any atom is 0.259 e. The Kier molecular flexibility index (Phi) is 5.96. The summed E-state index contributed by atoms with van der Waals surface area (Å²) >= 11 is 1.43. The van der Waals surface area contributed by atoms with Gasteiger partial charge in [0.2, 0.25) is 0 Å². The quantitative estimate of drug-likeness (QED) is 0.678. The smallest absolute Gasteiger partial charge is 0.259 e. The molecule has 1 saturated heterocycles. The van der Waals surface area contributed by atoms with Crippen LogP contribution < -0.4 is 5.32 Å². The van der Waals surface area contributed by atoms with Crippen molar-refractivity contribution < 1.29 is 14.3 Å². The van der Waals surface area contributed by atoms with Crippen molar-refractivity contribution in [1.29, 1.82) is 0 Å². The van der Waals surface area contributed by atoms with Crippen molar-refractivity contribution in [3.05, 3.63) is 59.4 Å². The lowest BCUT2D eigenvalue weighted by Crippen LogP contribution is -2.41. The molecule has 156 valence electrons. The third kappa shape index (κ3) is 4.01. The zero-order chi connectivity index (χ0) is 21.1. The van der Waals surface area contributed by atoms with Gasteiger partial charge < -0.3 is 15.0 Å². The first-order chi connectivity index (χ1) is 14.6. The highest BCUT2D eigenvalue weighted by Crippen LogP contribution is 2.40. The Morgan fingerprint density at radius 3 is 2.60 bits per heavy atom. The Morgan fingerprint density at radius 2 is 1.93 bits per heavy atom. The van der Waals surface area contributed by atoms with Crippen LogP contribution in [0.1, 0.15) is 33.2 Å². The molecule has 1 fully saturated rings. The van der Waals surface area contributed by atoms with E-state index in [9.17, 15) is 9.59 Å². The fourth-order valence-electron chi connectivity index (χ4n) is 3.48. The Balaban J connectivity index is 1.71. The van der Waals surface area contributed by atoms with E-state index < -0.39 is 0 Å². The van der Waals surface area contributed by atoms with Gasteiger partial charge in [0, 0.05) is 30.7 Å². The molecule has 7 nitrogen and oxygen atoms in total. The fraction of sp³-hybridized carbons (Fsp3) is 0.318. The number of ether oxygens (including phenoxy) is 1. The zero-order valence-electron chi connectivity index (χ0n) is 17.1. The van der Waals surface area contributed by atoms with Crippen LogP contribution in [0.2, 0.25) is 0 Å². The lowest BCUT2D eigenvalue weighted by molar-refractivity contribution is 0.0303. The summed E-state index contributed by atoms with van der Waals surface area (Å²) in [6, 6.07) is 9.92. The van der Waals surface area contributed by atoms with E-state index in [4.69, 9.17) is 4.74 Å². The van der Waals surface area contributed by atoms with E-state index in [1.54, 1.807) is 22.0 Å². The topological polar surface area (TPSA) is 76.5 Å². The van der Waals surface area contributed by atoms with Crippen molar-refractivity contribution in [3.8, 4) is 10.4 Å². The second-order valence-electron chi connectivity index (χ2n) is 7.07. The molecule has 1 aromatic carbocycles. The number of benzene rings is 1. The molecule has 2 amide bonds. The number of aromatic nitrogens is 2. The number of anilines is 1. The lowest BCUT2D eigenvalue weighted by Gasteiger charge is -2.27. The van der Waals surface area contributed by atoms with Crippen molar-refractivity contribution in [3.63, 3.8) is 0 Å². The van der Waals surface area contributed by atoms with Crippen LogP contribution in [0.25, 0.3) is 10.4 Å². The number of carbonyl (C=O) groups excluding carboxylic acids is 2. The summed E-state index contributed by atoms with van der Waals surface area (Å²) in [5.41, 5.74) is 2.92. The number of morpholine rings is 1. The summed E-state index contributed by atoms with van der Waals surface area (Å²) in [7, 11) is 0. The van der Waals surface area contributed by atoms with Crippen LogP contribution in [0, 0.1) is 6.92 Å². The van der Waals surface area contributed by atoms with Gasteiger partial charge in [-0.15, -0.1) is 11.3 Å². The summed E-state index contributed by atoms with van der Waals surface area (Å²) in [6.45, 7) is 6.73. The van der Waals surface area contributed by atoms with Gasteiger partial charge >= 0.3 is 0 Å². The second kappa shape index (κ2) is 8.81. The van der Waals surface area contributed by atoms with E-state index in [0.717, 1.165) is 16.0 Å². The molecular weight excluding hydrogens is 400 g/mol. The van der Waals surface area contributed by atoms with Gasteiger partial charge in [0.25, 0.3) is 11.8 Å². The summed E-state index contributed by atoms with van der Waals surface area (Å²) < 4.78 is 7.08. The van der Waals surface area contributed by atoms with Crippen molar-refractivity contribution in [2.75, 3.05) is 31.6 Å². The van der Waals surface area contributed by atoms with Gasteiger partial charge in [-0.05, 0) is 25.0 Å². The molecule has 0 spiro atoms. The number of hydrogen-bond acceptors (Lipinski definition) is 5. The number of nitrogens with zero attached hydrogens (tertiary/aromatic N) is 3. The number of hydrogen-bond donors (Lipinski definition) is 1. The predicted octanol–water partition coefficient (Wildman–Crippen LogP) is 3.66. The highest BCUT2D eigenvalue weighted by atomic mass is 32.1. The van der Waals surface area contributed by atoms with Crippen molar-refractivity contribution in [2.45, 2.75) is 20.4 Å². The van der Waals surface area contributed by atoms with Gasteiger partial charge in [-0.25, -0.2) is 0 Å². The minimum Gasteiger partial charge on any atom is -0.378 e. The average Bonchev–Trinajstić information content (AvgIpc) is 3.39. The van der Waals surface area contributed by atoms with Gasteiger partial charge in [0.1, 0.15) is 5.00 Å². The molecule has 0 bridgehead atoms. The van der Waals surface area contributed by atoms with Crippen LogP contribution in [0.5, 0.6) is 0 Å². The monoisotopic (exact) mass is 424 g/mol. The van der Waals surface area contributed by atoms with Crippen molar-refractivity contribution in [1.82, 2.24) is 14.7 Å². The molecule has 0 aliphatic carbocycles. The van der Waals surface area contributed by atoms with E-state index in [1.165, 1.54) is 11.3 Å². The van der Waals surface area contributed by atoms with Gasteiger partial charge in [-0.3, -0.25) is 14.3 Å². The normalized spacial score (nSPS) is 14.0. The third-order valence-corrected chi connectivity index (χ3v) is 6.40. The fourth-order valence-corrected chi connectivity index (χ4v) is 4.68. The van der Waals surface area contributed by atoms with E-state index in [1.807, 2.05) is 44.2 Å². The molecule has 0 atom stereocenters. The standard InChI is InChI=1S/C22H24N4O3S/c1-3-26-14-17(13-23-26)20(27)24-21-18(22(28)25-9-11-29-12-10-25)15(2)19(30-21)16-7-5-4-6-8-16/h4-8,13-14H,3,9-12H2,1-2H3,(H,24,27). The first kappa shape index (κ1) is 20.3. The van der Waals surface area contributed by atoms with Crippen LogP contribution in [0.4, 0.5) is 5.00 Å². The first-order valence-corrected chi connectivity index (χ1v) is 10.8. The maximum atomic E-state index is 13.4. The SMILES string of the molecule is CCn1cc(C(=O)Nc2sc(-c3ccccc3)c(C)c2C(=O)N2CCOCC2)cn1. The Labute approximate surface area is 179 Å². The van der Waals surface area contributed by atoms with Crippen LogP contribution >= 0.6 is 11.3 Å². The molecule has 3 heterocycles. The van der Waals surface area contributed by atoms with E-state index in [2.05, 4.69) is 10.4 Å². The summed E-state index contributed by atoms with van der Waals surface area (Å²) in [4.78, 5) is 29.0. The molecule has 2 aromatic heterocycles. The van der Waals surface area contributed by atoms with Crippen molar-refractivity contribution >= 4 is 28.2 Å². The highest BCUT2D eigenvalue weighted by Gasteiger charge is 2.28. The molecule has 30 heavy (non-hydrogen) atoms. The third-order valence-electron chi connectivity index (χ3n) is 5.14. The van der Waals surface area contributed by atoms with Crippen molar-refractivity contribution in [2.24, 2.45) is 0 Å². The molecule has 4 rings (SSSR count). The molecule has 1 N–H and O–H groups in total. The number of thiophene rings is 1. The summed E-state index contributed by atoms with van der Waals surface area (Å²) in [6.07, 6.45) is 3.25. The minimum absolute atomic E-state index is 0.0752. The molecule has 0 saturated carbocycles. The lowest BCUT2D eigenvalue weighted by atomic mass is 10.1. The van der Waals surface area contributed by atoms with E-state index in [0.29, 0.717) is 49.0 Å². The average molecular weight is 425 g/mol. The van der Waals surface area contributed by atoms with E-state index in [-0.39, 0.29) is 11.8 Å². The molecule has 8 heteroatoms.